The van der Waals surface area contributed by atoms with Gasteiger partial charge >= 0.3 is 5.97 Å². The molecule has 0 radical (unpaired) electrons. The van der Waals surface area contributed by atoms with Crippen molar-refractivity contribution in [3.8, 4) is 11.1 Å². The lowest BCUT2D eigenvalue weighted by Gasteiger charge is -2.10. The third kappa shape index (κ3) is 4.32. The molecule has 0 saturated carbocycles. The van der Waals surface area contributed by atoms with E-state index in [1.807, 2.05) is 44.4 Å². The Morgan fingerprint density at radius 2 is 2.06 bits per heavy atom. The molecule has 0 unspecified atom stereocenters. The number of rotatable bonds is 6. The standard InChI is InChI=1S/C23H23N3O4S/c1-13-9-17(10-18(11-24)21(27)25-12-19-7-6-8-30-19)15(3)26(13)22-20(23(28)29-5)14(2)16(4)31-22/h6-10H,12H2,1-5H3,(H,25,27)/b18-10+. The van der Waals surface area contributed by atoms with Crippen LogP contribution in [0.5, 0.6) is 0 Å². The van der Waals surface area contributed by atoms with Crippen molar-refractivity contribution in [3.63, 3.8) is 0 Å². The van der Waals surface area contributed by atoms with Crippen LogP contribution in [-0.2, 0) is 16.1 Å². The Morgan fingerprint density at radius 3 is 2.68 bits per heavy atom. The number of esters is 1. The fourth-order valence-corrected chi connectivity index (χ4v) is 4.59. The van der Waals surface area contributed by atoms with Gasteiger partial charge in [-0.2, -0.15) is 5.26 Å². The van der Waals surface area contributed by atoms with Gasteiger partial charge in [0.15, 0.2) is 0 Å². The maximum Gasteiger partial charge on any atom is 0.341 e. The largest absolute Gasteiger partial charge is 0.467 e. The summed E-state index contributed by atoms with van der Waals surface area (Å²) in [6.45, 7) is 7.86. The maximum atomic E-state index is 12.5. The van der Waals surface area contributed by atoms with Crippen molar-refractivity contribution in [2.45, 2.75) is 34.2 Å². The predicted molar refractivity (Wildman–Crippen MR) is 118 cm³/mol. The number of nitriles is 1. The lowest BCUT2D eigenvalue weighted by atomic mass is 10.1. The van der Waals surface area contributed by atoms with E-state index in [2.05, 4.69) is 5.32 Å². The zero-order valence-electron chi connectivity index (χ0n) is 18.0. The monoisotopic (exact) mass is 437 g/mol. The van der Waals surface area contributed by atoms with Gasteiger partial charge in [-0.3, -0.25) is 4.79 Å². The molecule has 0 aromatic carbocycles. The zero-order chi connectivity index (χ0) is 22.7. The fourth-order valence-electron chi connectivity index (χ4n) is 3.34. The summed E-state index contributed by atoms with van der Waals surface area (Å²) in [6.07, 6.45) is 3.08. The predicted octanol–water partition coefficient (Wildman–Crippen LogP) is 4.38. The van der Waals surface area contributed by atoms with Gasteiger partial charge in [-0.1, -0.05) is 0 Å². The molecule has 0 saturated heterocycles. The first-order valence-electron chi connectivity index (χ1n) is 9.58. The van der Waals surface area contributed by atoms with Crippen LogP contribution < -0.4 is 5.32 Å². The van der Waals surface area contributed by atoms with Crippen LogP contribution in [0.25, 0.3) is 11.1 Å². The zero-order valence-corrected chi connectivity index (χ0v) is 18.8. The molecule has 3 heterocycles. The lowest BCUT2D eigenvalue weighted by Crippen LogP contribution is -2.23. The summed E-state index contributed by atoms with van der Waals surface area (Å²) in [5, 5.41) is 13.0. The van der Waals surface area contributed by atoms with Gasteiger partial charge in [0, 0.05) is 16.3 Å². The molecule has 1 amide bonds. The van der Waals surface area contributed by atoms with Gasteiger partial charge in [-0.15, -0.1) is 11.3 Å². The minimum atomic E-state index is -0.484. The second-order valence-electron chi connectivity index (χ2n) is 7.05. The summed E-state index contributed by atoms with van der Waals surface area (Å²) in [4.78, 5) is 25.9. The van der Waals surface area contributed by atoms with Crippen molar-refractivity contribution in [1.29, 1.82) is 5.26 Å². The highest BCUT2D eigenvalue weighted by atomic mass is 32.1. The first kappa shape index (κ1) is 22.1. The van der Waals surface area contributed by atoms with Gasteiger partial charge in [-0.25, -0.2) is 4.79 Å². The number of nitrogens with one attached hydrogen (secondary N) is 1. The van der Waals surface area contributed by atoms with Crippen molar-refractivity contribution in [2.24, 2.45) is 0 Å². The summed E-state index contributed by atoms with van der Waals surface area (Å²) in [5.41, 5.74) is 3.81. The lowest BCUT2D eigenvalue weighted by molar-refractivity contribution is -0.117. The molecule has 0 fully saturated rings. The smallest absolute Gasteiger partial charge is 0.341 e. The molecule has 0 aliphatic heterocycles. The summed E-state index contributed by atoms with van der Waals surface area (Å²) < 4.78 is 12.1. The third-order valence-corrected chi connectivity index (χ3v) is 6.29. The molecular weight excluding hydrogens is 414 g/mol. The molecule has 3 aromatic rings. The molecule has 31 heavy (non-hydrogen) atoms. The van der Waals surface area contributed by atoms with Gasteiger partial charge in [0.05, 0.1) is 25.5 Å². The average molecular weight is 438 g/mol. The first-order chi connectivity index (χ1) is 14.8. The van der Waals surface area contributed by atoms with Gasteiger partial charge in [0.1, 0.15) is 22.4 Å². The number of ether oxygens (including phenoxy) is 1. The number of thiophene rings is 1. The summed E-state index contributed by atoms with van der Waals surface area (Å²) in [5.74, 6) is -0.277. The minimum absolute atomic E-state index is 0.0152. The fraction of sp³-hybridized carbons (Fsp3) is 0.261. The van der Waals surface area contributed by atoms with Crippen LogP contribution in [0.3, 0.4) is 0 Å². The third-order valence-electron chi connectivity index (χ3n) is 5.10. The molecule has 0 aliphatic carbocycles. The highest BCUT2D eigenvalue weighted by Gasteiger charge is 2.24. The van der Waals surface area contributed by atoms with E-state index in [1.54, 1.807) is 18.2 Å². The molecule has 0 spiro atoms. The summed E-state index contributed by atoms with van der Waals surface area (Å²) >= 11 is 1.50. The molecule has 0 aliphatic rings. The normalized spacial score (nSPS) is 11.3. The second kappa shape index (κ2) is 9.06. The van der Waals surface area contributed by atoms with Crippen LogP contribution in [0.15, 0.2) is 34.5 Å². The van der Waals surface area contributed by atoms with E-state index >= 15 is 0 Å². The molecule has 0 bridgehead atoms. The van der Waals surface area contributed by atoms with Crippen molar-refractivity contribution < 1.29 is 18.7 Å². The van der Waals surface area contributed by atoms with Crippen LogP contribution in [-0.4, -0.2) is 23.6 Å². The number of aryl methyl sites for hydroxylation is 2. The van der Waals surface area contributed by atoms with Crippen molar-refractivity contribution in [1.82, 2.24) is 9.88 Å². The molecule has 8 heteroatoms. The van der Waals surface area contributed by atoms with Crippen molar-refractivity contribution in [2.75, 3.05) is 7.11 Å². The van der Waals surface area contributed by atoms with Crippen LogP contribution in [0.2, 0.25) is 0 Å². The van der Waals surface area contributed by atoms with Gasteiger partial charge in [-0.05, 0) is 63.1 Å². The number of carbonyl (C=O) groups is 2. The van der Waals surface area contributed by atoms with Crippen LogP contribution in [0.4, 0.5) is 0 Å². The molecule has 160 valence electrons. The molecule has 7 nitrogen and oxygen atoms in total. The Labute approximate surface area is 184 Å². The number of nitrogens with zero attached hydrogens (tertiary/aromatic N) is 2. The quantitative estimate of drug-likeness (QED) is 0.351. The van der Waals surface area contributed by atoms with E-state index in [1.165, 1.54) is 24.7 Å². The Kier molecular flexibility index (Phi) is 6.47. The molecule has 3 rings (SSSR count). The van der Waals surface area contributed by atoms with E-state index in [-0.39, 0.29) is 12.1 Å². The average Bonchev–Trinajstić information content (AvgIpc) is 3.43. The van der Waals surface area contributed by atoms with E-state index < -0.39 is 11.9 Å². The van der Waals surface area contributed by atoms with Gasteiger partial charge in [0.25, 0.3) is 5.91 Å². The van der Waals surface area contributed by atoms with Crippen molar-refractivity contribution in [3.05, 3.63) is 68.8 Å². The summed E-state index contributed by atoms with van der Waals surface area (Å²) in [6, 6.07) is 7.33. The van der Waals surface area contributed by atoms with E-state index in [0.717, 1.165) is 32.4 Å². The Bertz CT molecular complexity index is 1210. The van der Waals surface area contributed by atoms with Crippen molar-refractivity contribution >= 4 is 29.3 Å². The van der Waals surface area contributed by atoms with Gasteiger partial charge in [0.2, 0.25) is 0 Å². The molecular formula is C23H23N3O4S. The highest BCUT2D eigenvalue weighted by Crippen LogP contribution is 2.34. The highest BCUT2D eigenvalue weighted by molar-refractivity contribution is 7.15. The Hall–Kier alpha value is -3.57. The topological polar surface area (TPSA) is 97.3 Å². The number of amides is 1. The van der Waals surface area contributed by atoms with Gasteiger partial charge < -0.3 is 19.0 Å². The maximum absolute atomic E-state index is 12.5. The van der Waals surface area contributed by atoms with Crippen LogP contribution in [0, 0.1) is 39.0 Å². The first-order valence-corrected chi connectivity index (χ1v) is 10.4. The van der Waals surface area contributed by atoms with E-state index in [4.69, 9.17) is 9.15 Å². The molecule has 3 aromatic heterocycles. The Balaban J connectivity index is 1.98. The van der Waals surface area contributed by atoms with Crippen LogP contribution >= 0.6 is 11.3 Å². The number of hydrogen-bond donors (Lipinski definition) is 1. The van der Waals surface area contributed by atoms with E-state index in [0.29, 0.717) is 11.3 Å². The number of methoxy groups -OCH3 is 1. The SMILES string of the molecule is COC(=O)c1c(-n2c(C)cc(/C=C(\C#N)C(=O)NCc3ccco3)c2C)sc(C)c1C. The number of carbonyl (C=O) groups excluding carboxylic acids is 2. The minimum Gasteiger partial charge on any atom is -0.467 e. The number of furan rings is 1. The summed E-state index contributed by atoms with van der Waals surface area (Å²) in [7, 11) is 1.36. The number of aromatic nitrogens is 1. The van der Waals surface area contributed by atoms with Crippen LogP contribution in [0.1, 0.15) is 43.5 Å². The number of hydrogen-bond acceptors (Lipinski definition) is 6. The second-order valence-corrected chi connectivity index (χ2v) is 8.25. The molecule has 0 atom stereocenters. The Morgan fingerprint density at radius 1 is 1.32 bits per heavy atom. The molecule has 1 N–H and O–H groups in total. The van der Waals surface area contributed by atoms with E-state index in [9.17, 15) is 14.9 Å².